The van der Waals surface area contributed by atoms with E-state index in [1.54, 1.807) is 0 Å². The lowest BCUT2D eigenvalue weighted by atomic mass is 9.99. The fourth-order valence-electron chi connectivity index (χ4n) is 4.05. The Morgan fingerprint density at radius 3 is 1.53 bits per heavy atom. The van der Waals surface area contributed by atoms with Crippen molar-refractivity contribution in [2.45, 2.75) is 154 Å². The van der Waals surface area contributed by atoms with Crippen molar-refractivity contribution in [2.24, 2.45) is 0 Å². The molecule has 0 aromatic rings. The molecule has 0 spiro atoms. The van der Waals surface area contributed by atoms with Crippen molar-refractivity contribution in [3.8, 4) is 0 Å². The van der Waals surface area contributed by atoms with E-state index in [1.807, 2.05) is 0 Å². The molecule has 6 heteroatoms. The van der Waals surface area contributed by atoms with E-state index in [1.165, 1.54) is 57.8 Å². The van der Waals surface area contributed by atoms with Crippen molar-refractivity contribution in [1.82, 2.24) is 5.32 Å². The molecule has 0 radical (unpaired) electrons. The van der Waals surface area contributed by atoms with Crippen molar-refractivity contribution in [3.05, 3.63) is 0 Å². The van der Waals surface area contributed by atoms with E-state index >= 15 is 0 Å². The van der Waals surface area contributed by atoms with Crippen LogP contribution < -0.4 is 5.32 Å². The first-order valence-electron chi connectivity index (χ1n) is 13.4. The monoisotopic (exact) mass is 459 g/mol. The van der Waals surface area contributed by atoms with Gasteiger partial charge in [0.05, 0.1) is 18.8 Å². The van der Waals surface area contributed by atoms with Gasteiger partial charge in [0.25, 0.3) is 0 Å². The third-order valence-electron chi connectivity index (χ3n) is 6.32. The predicted octanol–water partition coefficient (Wildman–Crippen LogP) is 4.61. The van der Waals surface area contributed by atoms with Crippen LogP contribution in [0.3, 0.4) is 0 Å². The Balaban J connectivity index is 3.89. The third kappa shape index (κ3) is 16.9. The van der Waals surface area contributed by atoms with Gasteiger partial charge >= 0.3 is 0 Å². The van der Waals surface area contributed by atoms with Crippen LogP contribution in [0.2, 0.25) is 0 Å². The minimum atomic E-state index is -1.25. The predicted molar refractivity (Wildman–Crippen MR) is 131 cm³/mol. The molecule has 0 aromatic heterocycles. The number of rotatable bonds is 23. The lowest BCUT2D eigenvalue weighted by Gasteiger charge is -2.27. The van der Waals surface area contributed by atoms with Gasteiger partial charge in [-0.05, 0) is 12.8 Å². The van der Waals surface area contributed by atoms with Gasteiger partial charge in [-0.25, -0.2) is 0 Å². The standard InChI is InChI=1S/C26H53NO5/c1-3-5-7-9-10-11-12-13-14-15-16-18-19-23(29)25(31)22(21-28)27-26(32)24(30)20-17-8-6-4-2/h22-25,28-31H,3-21H2,1-2H3,(H,27,32)/t22-,23+,24+,25-/m0/s1. The average Bonchev–Trinajstić information content (AvgIpc) is 2.80. The summed E-state index contributed by atoms with van der Waals surface area (Å²) in [5.41, 5.74) is 0. The summed E-state index contributed by atoms with van der Waals surface area (Å²) in [5, 5.41) is 42.6. The van der Waals surface area contributed by atoms with Crippen LogP contribution in [0.5, 0.6) is 0 Å². The number of unbranched alkanes of at least 4 members (excludes halogenated alkanes) is 14. The lowest BCUT2D eigenvalue weighted by molar-refractivity contribution is -0.132. The third-order valence-corrected chi connectivity index (χ3v) is 6.32. The van der Waals surface area contributed by atoms with Crippen molar-refractivity contribution in [1.29, 1.82) is 0 Å². The second-order valence-corrected chi connectivity index (χ2v) is 9.40. The molecular formula is C26H53NO5. The van der Waals surface area contributed by atoms with Crippen molar-refractivity contribution in [3.63, 3.8) is 0 Å². The number of amides is 1. The van der Waals surface area contributed by atoms with Crippen LogP contribution in [-0.4, -0.2) is 57.3 Å². The highest BCUT2D eigenvalue weighted by Gasteiger charge is 2.28. The molecule has 0 aliphatic heterocycles. The number of carbonyl (C=O) groups is 1. The molecule has 0 aliphatic rings. The molecule has 0 rings (SSSR count). The Morgan fingerprint density at radius 2 is 1.06 bits per heavy atom. The first-order chi connectivity index (χ1) is 15.5. The van der Waals surface area contributed by atoms with Crippen LogP contribution in [0, 0.1) is 0 Å². The van der Waals surface area contributed by atoms with Gasteiger partial charge in [-0.3, -0.25) is 4.79 Å². The summed E-state index contributed by atoms with van der Waals surface area (Å²) in [5.74, 6) is -0.600. The second kappa shape index (κ2) is 22.1. The van der Waals surface area contributed by atoms with Crippen molar-refractivity contribution < 1.29 is 25.2 Å². The number of nitrogens with one attached hydrogen (secondary N) is 1. The fraction of sp³-hybridized carbons (Fsp3) is 0.962. The molecule has 4 atom stereocenters. The zero-order valence-corrected chi connectivity index (χ0v) is 20.9. The fourth-order valence-corrected chi connectivity index (χ4v) is 4.05. The van der Waals surface area contributed by atoms with Crippen LogP contribution >= 0.6 is 0 Å². The molecule has 0 aliphatic carbocycles. The number of hydrogen-bond donors (Lipinski definition) is 5. The molecule has 0 aromatic carbocycles. The van der Waals surface area contributed by atoms with Gasteiger partial charge in [0, 0.05) is 0 Å². The minimum Gasteiger partial charge on any atom is -0.394 e. The summed E-state index contributed by atoms with van der Waals surface area (Å²) in [6, 6.07) is -0.972. The van der Waals surface area contributed by atoms with Gasteiger partial charge in [-0.15, -0.1) is 0 Å². The maximum Gasteiger partial charge on any atom is 0.249 e. The molecule has 0 bridgehead atoms. The molecule has 6 nitrogen and oxygen atoms in total. The highest BCUT2D eigenvalue weighted by Crippen LogP contribution is 2.15. The highest BCUT2D eigenvalue weighted by molar-refractivity contribution is 5.80. The van der Waals surface area contributed by atoms with Crippen LogP contribution in [0.4, 0.5) is 0 Å². The lowest BCUT2D eigenvalue weighted by Crippen LogP contribution is -2.53. The van der Waals surface area contributed by atoms with E-state index in [9.17, 15) is 25.2 Å². The van der Waals surface area contributed by atoms with E-state index in [2.05, 4.69) is 19.2 Å². The Morgan fingerprint density at radius 1 is 0.656 bits per heavy atom. The molecule has 0 fully saturated rings. The van der Waals surface area contributed by atoms with E-state index in [-0.39, 0.29) is 0 Å². The van der Waals surface area contributed by atoms with Crippen molar-refractivity contribution >= 4 is 5.91 Å². The normalized spacial score (nSPS) is 15.3. The van der Waals surface area contributed by atoms with E-state index < -0.39 is 36.9 Å². The molecule has 32 heavy (non-hydrogen) atoms. The largest absolute Gasteiger partial charge is 0.394 e. The number of hydrogen-bond acceptors (Lipinski definition) is 5. The average molecular weight is 460 g/mol. The van der Waals surface area contributed by atoms with E-state index in [0.717, 1.165) is 44.9 Å². The summed E-state index contributed by atoms with van der Waals surface area (Å²) in [7, 11) is 0. The molecule has 192 valence electrons. The summed E-state index contributed by atoms with van der Waals surface area (Å²) < 4.78 is 0. The van der Waals surface area contributed by atoms with E-state index in [0.29, 0.717) is 12.8 Å². The highest BCUT2D eigenvalue weighted by atomic mass is 16.3. The van der Waals surface area contributed by atoms with E-state index in [4.69, 9.17) is 0 Å². The maximum atomic E-state index is 12.1. The number of carbonyl (C=O) groups excluding carboxylic acids is 1. The van der Waals surface area contributed by atoms with Crippen LogP contribution in [0.15, 0.2) is 0 Å². The molecule has 0 unspecified atom stereocenters. The molecule has 1 amide bonds. The van der Waals surface area contributed by atoms with Gasteiger partial charge in [0.1, 0.15) is 12.2 Å². The molecule has 5 N–H and O–H groups in total. The summed E-state index contributed by atoms with van der Waals surface area (Å²) in [4.78, 5) is 12.1. The summed E-state index contributed by atoms with van der Waals surface area (Å²) in [6.45, 7) is 3.86. The maximum absolute atomic E-state index is 12.1. The molecule has 0 heterocycles. The Hall–Kier alpha value is -0.690. The Labute approximate surface area is 197 Å². The van der Waals surface area contributed by atoms with Crippen LogP contribution in [0.1, 0.15) is 129 Å². The SMILES string of the molecule is CCCCCCCCCCCCCC[C@@H](O)[C@@H](O)[C@H](CO)NC(=O)[C@H](O)CCCCCC. The number of aliphatic hydroxyl groups excluding tert-OH is 4. The quantitative estimate of drug-likeness (QED) is 0.143. The van der Waals surface area contributed by atoms with Gasteiger partial charge in [-0.1, -0.05) is 117 Å². The van der Waals surface area contributed by atoms with Crippen molar-refractivity contribution in [2.75, 3.05) is 6.61 Å². The van der Waals surface area contributed by atoms with Gasteiger partial charge in [0.2, 0.25) is 5.91 Å². The van der Waals surface area contributed by atoms with Crippen LogP contribution in [0.25, 0.3) is 0 Å². The molecule has 0 saturated carbocycles. The zero-order valence-electron chi connectivity index (χ0n) is 20.9. The first kappa shape index (κ1) is 31.3. The topological polar surface area (TPSA) is 110 Å². The van der Waals surface area contributed by atoms with Gasteiger partial charge < -0.3 is 25.7 Å². The number of aliphatic hydroxyl groups is 4. The Bertz CT molecular complexity index is 421. The van der Waals surface area contributed by atoms with Crippen LogP contribution in [-0.2, 0) is 4.79 Å². The van der Waals surface area contributed by atoms with Gasteiger partial charge in [-0.2, -0.15) is 0 Å². The summed E-state index contributed by atoms with van der Waals surface area (Å²) >= 11 is 0. The smallest absolute Gasteiger partial charge is 0.249 e. The van der Waals surface area contributed by atoms with Gasteiger partial charge in [0.15, 0.2) is 0 Å². The second-order valence-electron chi connectivity index (χ2n) is 9.40. The molecular weight excluding hydrogens is 406 g/mol. The summed E-state index contributed by atoms with van der Waals surface area (Å²) in [6.07, 6.45) is 16.0. The molecule has 0 saturated heterocycles. The Kier molecular flexibility index (Phi) is 21.6. The zero-order chi connectivity index (χ0) is 24.0. The first-order valence-corrected chi connectivity index (χ1v) is 13.4. The minimum absolute atomic E-state index is 0.363.